The molecule has 18 heavy (non-hydrogen) atoms. The van der Waals surface area contributed by atoms with Gasteiger partial charge in [-0.1, -0.05) is 6.07 Å². The van der Waals surface area contributed by atoms with Crippen molar-refractivity contribution >= 4 is 23.3 Å². The Hall–Kier alpha value is -2.24. The van der Waals surface area contributed by atoms with Crippen molar-refractivity contribution in [3.8, 4) is 0 Å². The molecular formula is C12H18N4O2. The number of urea groups is 1. The van der Waals surface area contributed by atoms with E-state index in [1.807, 2.05) is 0 Å². The van der Waals surface area contributed by atoms with Gasteiger partial charge in [-0.3, -0.25) is 4.79 Å². The number of hydrogen-bond acceptors (Lipinski definition) is 3. The van der Waals surface area contributed by atoms with E-state index < -0.39 is 17.5 Å². The highest BCUT2D eigenvalue weighted by molar-refractivity contribution is 5.90. The third kappa shape index (κ3) is 4.73. The molecule has 0 fully saturated rings. The van der Waals surface area contributed by atoms with Crippen molar-refractivity contribution in [3.63, 3.8) is 0 Å². The fourth-order valence-electron chi connectivity index (χ4n) is 1.57. The minimum absolute atomic E-state index is 0.0668. The second kappa shape index (κ2) is 5.39. The SMILES string of the molecule is CC(C)(CC(N)=O)NC(=O)Nc1cccc(N)c1. The van der Waals surface area contributed by atoms with E-state index >= 15 is 0 Å². The lowest BCUT2D eigenvalue weighted by molar-refractivity contribution is -0.119. The summed E-state index contributed by atoms with van der Waals surface area (Å²) in [6, 6.07) is 6.41. The number of amides is 3. The van der Waals surface area contributed by atoms with Crippen LogP contribution in [0.4, 0.5) is 16.2 Å². The summed E-state index contributed by atoms with van der Waals surface area (Å²) in [5.41, 5.74) is 11.1. The van der Waals surface area contributed by atoms with Gasteiger partial charge in [0.25, 0.3) is 0 Å². The predicted molar refractivity (Wildman–Crippen MR) is 70.9 cm³/mol. The van der Waals surface area contributed by atoms with Crippen LogP contribution in [0.3, 0.4) is 0 Å². The van der Waals surface area contributed by atoms with E-state index in [-0.39, 0.29) is 6.42 Å². The quantitative estimate of drug-likeness (QED) is 0.599. The van der Waals surface area contributed by atoms with Crippen molar-refractivity contribution in [2.45, 2.75) is 25.8 Å². The molecule has 3 amide bonds. The van der Waals surface area contributed by atoms with Crippen LogP contribution >= 0.6 is 0 Å². The molecule has 6 N–H and O–H groups in total. The van der Waals surface area contributed by atoms with E-state index in [0.717, 1.165) is 0 Å². The van der Waals surface area contributed by atoms with Gasteiger partial charge in [0.2, 0.25) is 5.91 Å². The summed E-state index contributed by atoms with van der Waals surface area (Å²) < 4.78 is 0. The summed E-state index contributed by atoms with van der Waals surface area (Å²) in [5, 5.41) is 5.29. The zero-order valence-electron chi connectivity index (χ0n) is 10.5. The summed E-state index contributed by atoms with van der Waals surface area (Å²) in [7, 11) is 0. The van der Waals surface area contributed by atoms with E-state index in [4.69, 9.17) is 11.5 Å². The second-order valence-electron chi connectivity index (χ2n) is 4.73. The van der Waals surface area contributed by atoms with Crippen molar-refractivity contribution in [1.29, 1.82) is 0 Å². The van der Waals surface area contributed by atoms with Crippen LogP contribution in [0.15, 0.2) is 24.3 Å². The molecule has 6 nitrogen and oxygen atoms in total. The number of carbonyl (C=O) groups is 2. The maximum absolute atomic E-state index is 11.7. The first-order valence-corrected chi connectivity index (χ1v) is 5.51. The zero-order valence-corrected chi connectivity index (χ0v) is 10.5. The van der Waals surface area contributed by atoms with Crippen LogP contribution < -0.4 is 22.1 Å². The molecule has 0 atom stereocenters. The maximum Gasteiger partial charge on any atom is 0.319 e. The van der Waals surface area contributed by atoms with Gasteiger partial charge in [0.05, 0.1) is 0 Å². The molecule has 0 aliphatic rings. The third-order valence-electron chi connectivity index (χ3n) is 2.21. The fourth-order valence-corrected chi connectivity index (χ4v) is 1.57. The number of anilines is 2. The predicted octanol–water partition coefficient (Wildman–Crippen LogP) is 1.04. The smallest absolute Gasteiger partial charge is 0.319 e. The molecule has 0 saturated carbocycles. The Kier molecular flexibility index (Phi) is 4.14. The van der Waals surface area contributed by atoms with Gasteiger partial charge in [-0.25, -0.2) is 4.79 Å². The molecule has 0 aliphatic carbocycles. The van der Waals surface area contributed by atoms with Crippen molar-refractivity contribution in [1.82, 2.24) is 5.32 Å². The summed E-state index contributed by atoms with van der Waals surface area (Å²) in [6.45, 7) is 3.44. The Bertz CT molecular complexity index is 457. The molecule has 0 saturated heterocycles. The van der Waals surface area contributed by atoms with Crippen LogP contribution in [-0.2, 0) is 4.79 Å². The third-order valence-corrected chi connectivity index (χ3v) is 2.21. The average molecular weight is 250 g/mol. The Morgan fingerprint density at radius 1 is 1.33 bits per heavy atom. The van der Waals surface area contributed by atoms with E-state index in [2.05, 4.69) is 10.6 Å². The summed E-state index contributed by atoms with van der Waals surface area (Å²) in [4.78, 5) is 22.5. The largest absolute Gasteiger partial charge is 0.399 e. The van der Waals surface area contributed by atoms with Crippen LogP contribution in [0.25, 0.3) is 0 Å². The molecule has 1 aromatic carbocycles. The first kappa shape index (κ1) is 13.8. The number of rotatable bonds is 4. The standard InChI is InChI=1S/C12H18N4O2/c1-12(2,7-10(14)17)16-11(18)15-9-5-3-4-8(13)6-9/h3-6H,7,13H2,1-2H3,(H2,14,17)(H2,15,16,18). The van der Waals surface area contributed by atoms with Crippen molar-refractivity contribution in [3.05, 3.63) is 24.3 Å². The minimum atomic E-state index is -0.698. The van der Waals surface area contributed by atoms with Gasteiger partial charge in [0, 0.05) is 23.3 Å². The Morgan fingerprint density at radius 2 is 2.00 bits per heavy atom. The summed E-state index contributed by atoms with van der Waals surface area (Å²) >= 11 is 0. The van der Waals surface area contributed by atoms with Gasteiger partial charge < -0.3 is 22.1 Å². The molecule has 1 rings (SSSR count). The van der Waals surface area contributed by atoms with E-state index in [0.29, 0.717) is 11.4 Å². The van der Waals surface area contributed by atoms with Crippen molar-refractivity contribution in [2.75, 3.05) is 11.1 Å². The lowest BCUT2D eigenvalue weighted by atomic mass is 10.0. The average Bonchev–Trinajstić information content (AvgIpc) is 2.13. The van der Waals surface area contributed by atoms with Crippen molar-refractivity contribution in [2.24, 2.45) is 5.73 Å². The Morgan fingerprint density at radius 3 is 2.56 bits per heavy atom. The maximum atomic E-state index is 11.7. The van der Waals surface area contributed by atoms with Gasteiger partial charge >= 0.3 is 6.03 Å². The number of nitrogens with one attached hydrogen (secondary N) is 2. The Balaban J connectivity index is 2.59. The lowest BCUT2D eigenvalue weighted by Gasteiger charge is -2.24. The monoisotopic (exact) mass is 250 g/mol. The number of nitrogens with two attached hydrogens (primary N) is 2. The molecule has 0 heterocycles. The molecule has 0 aliphatic heterocycles. The van der Waals surface area contributed by atoms with Crippen molar-refractivity contribution < 1.29 is 9.59 Å². The number of nitrogen functional groups attached to an aromatic ring is 1. The highest BCUT2D eigenvalue weighted by Crippen LogP contribution is 2.13. The summed E-state index contributed by atoms with van der Waals surface area (Å²) in [6.07, 6.45) is 0.0668. The molecule has 0 unspecified atom stereocenters. The minimum Gasteiger partial charge on any atom is -0.399 e. The number of hydrogen-bond donors (Lipinski definition) is 4. The fraction of sp³-hybridized carbons (Fsp3) is 0.333. The second-order valence-corrected chi connectivity index (χ2v) is 4.73. The van der Waals surface area contributed by atoms with Crippen LogP contribution in [0.2, 0.25) is 0 Å². The zero-order chi connectivity index (χ0) is 13.8. The van der Waals surface area contributed by atoms with Crippen LogP contribution in [0.1, 0.15) is 20.3 Å². The van der Waals surface area contributed by atoms with Gasteiger partial charge in [0.1, 0.15) is 0 Å². The highest BCUT2D eigenvalue weighted by Gasteiger charge is 2.22. The first-order chi connectivity index (χ1) is 8.28. The normalized spacial score (nSPS) is 10.8. The van der Waals surface area contributed by atoms with Gasteiger partial charge in [0.15, 0.2) is 0 Å². The van der Waals surface area contributed by atoms with Gasteiger partial charge in [-0.05, 0) is 32.0 Å². The van der Waals surface area contributed by atoms with Gasteiger partial charge in [-0.2, -0.15) is 0 Å². The molecule has 0 spiro atoms. The summed E-state index contributed by atoms with van der Waals surface area (Å²) in [5.74, 6) is -0.468. The molecule has 98 valence electrons. The van der Waals surface area contributed by atoms with Gasteiger partial charge in [-0.15, -0.1) is 0 Å². The Labute approximate surface area is 106 Å². The van der Waals surface area contributed by atoms with E-state index in [1.165, 1.54) is 0 Å². The van der Waals surface area contributed by atoms with Crippen LogP contribution in [-0.4, -0.2) is 17.5 Å². The molecule has 0 aromatic heterocycles. The van der Waals surface area contributed by atoms with E-state index in [9.17, 15) is 9.59 Å². The molecule has 6 heteroatoms. The topological polar surface area (TPSA) is 110 Å². The molecule has 0 bridgehead atoms. The first-order valence-electron chi connectivity index (χ1n) is 5.51. The number of carbonyl (C=O) groups excluding carboxylic acids is 2. The highest BCUT2D eigenvalue weighted by atomic mass is 16.2. The van der Waals surface area contributed by atoms with Crippen LogP contribution in [0.5, 0.6) is 0 Å². The molecule has 1 aromatic rings. The lowest BCUT2D eigenvalue weighted by Crippen LogP contribution is -2.47. The number of benzene rings is 1. The molecule has 0 radical (unpaired) electrons. The van der Waals surface area contributed by atoms with E-state index in [1.54, 1.807) is 38.1 Å². The van der Waals surface area contributed by atoms with Crippen LogP contribution in [0, 0.1) is 0 Å². The number of primary amides is 1. The molecular weight excluding hydrogens is 232 g/mol.